The minimum Gasteiger partial charge on any atom is -0.494 e. The van der Waals surface area contributed by atoms with Crippen LogP contribution in [0.1, 0.15) is 10.4 Å². The predicted octanol–water partition coefficient (Wildman–Crippen LogP) is 2.25. The fraction of sp³-hybridized carbons (Fsp3) is 0.0769. The summed E-state index contributed by atoms with van der Waals surface area (Å²) < 4.78 is 18.1. The first-order valence-electron chi connectivity index (χ1n) is 5.60. The van der Waals surface area contributed by atoms with Gasteiger partial charge in [-0.3, -0.25) is 0 Å². The number of benzene rings is 1. The topological polar surface area (TPSA) is 97.5 Å². The Kier molecular flexibility index (Phi) is 3.69. The van der Waals surface area contributed by atoms with Crippen LogP contribution in [0.2, 0.25) is 0 Å². The number of methoxy groups -OCH3 is 1. The van der Waals surface area contributed by atoms with Gasteiger partial charge in [-0.15, -0.1) is 0 Å². The van der Waals surface area contributed by atoms with Crippen LogP contribution in [0, 0.1) is 5.82 Å². The van der Waals surface area contributed by atoms with Crippen molar-refractivity contribution in [1.82, 2.24) is 4.98 Å². The molecule has 0 amide bonds. The zero-order valence-electron chi connectivity index (χ0n) is 10.6. The number of carbonyl (C=O) groups is 1. The molecule has 2 aromatic rings. The summed E-state index contributed by atoms with van der Waals surface area (Å²) in [5, 5.41) is 11.8. The molecule has 7 heteroatoms. The smallest absolute Gasteiger partial charge is 0.337 e. The Hall–Kier alpha value is -2.83. The molecule has 0 unspecified atom stereocenters. The summed E-state index contributed by atoms with van der Waals surface area (Å²) in [5.41, 5.74) is 5.97. The SMILES string of the molecule is COc1cc(F)ccc1Nc1cc(C(=O)O)c(N)cn1. The van der Waals surface area contributed by atoms with E-state index in [0.717, 1.165) is 0 Å². The molecule has 1 aromatic heterocycles. The number of nitrogens with zero attached hydrogens (tertiary/aromatic N) is 1. The van der Waals surface area contributed by atoms with Gasteiger partial charge in [0.2, 0.25) is 0 Å². The highest BCUT2D eigenvalue weighted by atomic mass is 19.1. The highest BCUT2D eigenvalue weighted by molar-refractivity contribution is 5.94. The molecule has 20 heavy (non-hydrogen) atoms. The summed E-state index contributed by atoms with van der Waals surface area (Å²) in [6.07, 6.45) is 1.24. The van der Waals surface area contributed by atoms with Crippen molar-refractivity contribution in [3.63, 3.8) is 0 Å². The zero-order valence-corrected chi connectivity index (χ0v) is 10.6. The Morgan fingerprint density at radius 3 is 2.85 bits per heavy atom. The maximum Gasteiger partial charge on any atom is 0.337 e. The van der Waals surface area contributed by atoms with Gasteiger partial charge in [0.1, 0.15) is 17.4 Å². The Morgan fingerprint density at radius 1 is 1.45 bits per heavy atom. The van der Waals surface area contributed by atoms with E-state index in [9.17, 15) is 9.18 Å². The van der Waals surface area contributed by atoms with E-state index in [1.54, 1.807) is 0 Å². The van der Waals surface area contributed by atoms with Gasteiger partial charge in [0.15, 0.2) is 0 Å². The van der Waals surface area contributed by atoms with Gasteiger partial charge in [0, 0.05) is 6.07 Å². The zero-order chi connectivity index (χ0) is 14.7. The number of nitrogens with one attached hydrogen (secondary N) is 1. The van der Waals surface area contributed by atoms with E-state index in [0.29, 0.717) is 5.69 Å². The van der Waals surface area contributed by atoms with Crippen molar-refractivity contribution in [3.05, 3.63) is 41.8 Å². The highest BCUT2D eigenvalue weighted by Gasteiger charge is 2.11. The molecular formula is C13H12FN3O3. The van der Waals surface area contributed by atoms with Crippen LogP contribution in [0.5, 0.6) is 5.75 Å². The number of hydrogen-bond donors (Lipinski definition) is 3. The molecule has 0 atom stereocenters. The molecule has 104 valence electrons. The van der Waals surface area contributed by atoms with E-state index in [4.69, 9.17) is 15.6 Å². The number of aromatic carboxylic acids is 1. The number of carboxylic acid groups (broad SMARTS) is 1. The number of hydrogen-bond acceptors (Lipinski definition) is 5. The molecule has 0 fully saturated rings. The molecule has 0 saturated heterocycles. The molecule has 0 bridgehead atoms. The minimum atomic E-state index is -1.15. The van der Waals surface area contributed by atoms with Crippen LogP contribution in [-0.2, 0) is 0 Å². The lowest BCUT2D eigenvalue weighted by molar-refractivity contribution is 0.0698. The third kappa shape index (κ3) is 2.77. The van der Waals surface area contributed by atoms with Gasteiger partial charge in [-0.25, -0.2) is 14.2 Å². The summed E-state index contributed by atoms with van der Waals surface area (Å²) in [4.78, 5) is 15.0. The lowest BCUT2D eigenvalue weighted by Gasteiger charge is -2.11. The number of ether oxygens (including phenoxy) is 1. The van der Waals surface area contributed by atoms with Crippen LogP contribution < -0.4 is 15.8 Å². The monoisotopic (exact) mass is 277 g/mol. The number of rotatable bonds is 4. The largest absolute Gasteiger partial charge is 0.494 e. The molecule has 0 radical (unpaired) electrons. The van der Waals surface area contributed by atoms with E-state index in [1.165, 1.54) is 37.6 Å². The van der Waals surface area contributed by atoms with Crippen molar-refractivity contribution >= 4 is 23.2 Å². The third-order valence-corrected chi connectivity index (χ3v) is 2.59. The minimum absolute atomic E-state index is 0.0640. The second kappa shape index (κ2) is 5.43. The molecule has 1 aromatic carbocycles. The van der Waals surface area contributed by atoms with Crippen molar-refractivity contribution < 1.29 is 19.0 Å². The van der Waals surface area contributed by atoms with Crippen LogP contribution in [0.4, 0.5) is 21.6 Å². The first-order valence-corrected chi connectivity index (χ1v) is 5.60. The lowest BCUT2D eigenvalue weighted by atomic mass is 10.2. The van der Waals surface area contributed by atoms with E-state index >= 15 is 0 Å². The van der Waals surface area contributed by atoms with Crippen LogP contribution in [0.15, 0.2) is 30.5 Å². The average molecular weight is 277 g/mol. The summed E-state index contributed by atoms with van der Waals surface area (Å²) in [6.45, 7) is 0. The third-order valence-electron chi connectivity index (χ3n) is 2.59. The lowest BCUT2D eigenvalue weighted by Crippen LogP contribution is -2.05. The molecule has 4 N–H and O–H groups in total. The van der Waals surface area contributed by atoms with Crippen LogP contribution >= 0.6 is 0 Å². The summed E-state index contributed by atoms with van der Waals surface area (Å²) in [6, 6.07) is 5.21. The molecule has 0 aliphatic carbocycles. The van der Waals surface area contributed by atoms with Crippen LogP contribution in [-0.4, -0.2) is 23.2 Å². The fourth-order valence-corrected chi connectivity index (χ4v) is 1.63. The van der Waals surface area contributed by atoms with Crippen LogP contribution in [0.3, 0.4) is 0 Å². The quantitative estimate of drug-likeness (QED) is 0.793. The predicted molar refractivity (Wildman–Crippen MR) is 71.8 cm³/mol. The number of nitrogen functional groups attached to an aromatic ring is 1. The van der Waals surface area contributed by atoms with Gasteiger partial charge >= 0.3 is 5.97 Å². The van der Waals surface area contributed by atoms with E-state index in [2.05, 4.69) is 10.3 Å². The second-order valence-corrected chi connectivity index (χ2v) is 3.93. The Morgan fingerprint density at radius 2 is 2.20 bits per heavy atom. The highest BCUT2D eigenvalue weighted by Crippen LogP contribution is 2.28. The van der Waals surface area contributed by atoms with Gasteiger partial charge in [0.05, 0.1) is 30.2 Å². The molecule has 6 nitrogen and oxygen atoms in total. The maximum atomic E-state index is 13.1. The number of anilines is 3. The number of nitrogens with two attached hydrogens (primary N) is 1. The first-order chi connectivity index (χ1) is 9.51. The normalized spacial score (nSPS) is 10.1. The molecule has 0 aliphatic heterocycles. The van der Waals surface area contributed by atoms with Gasteiger partial charge < -0.3 is 20.9 Å². The standard InChI is InChI=1S/C13H12FN3O3/c1-20-11-4-7(14)2-3-10(11)17-12-5-8(13(18)19)9(15)6-16-12/h2-6H,15H2,1H3,(H,16,17)(H,18,19). The number of halogens is 1. The molecular weight excluding hydrogens is 265 g/mol. The molecule has 0 spiro atoms. The van der Waals surface area contributed by atoms with Crippen molar-refractivity contribution in [2.24, 2.45) is 0 Å². The van der Waals surface area contributed by atoms with E-state index in [-0.39, 0.29) is 22.8 Å². The molecule has 2 rings (SSSR count). The summed E-state index contributed by atoms with van der Waals surface area (Å²) in [5.74, 6) is -1.05. The Bertz CT molecular complexity index is 661. The van der Waals surface area contributed by atoms with Crippen molar-refractivity contribution in [2.75, 3.05) is 18.2 Å². The van der Waals surface area contributed by atoms with Crippen molar-refractivity contribution in [3.8, 4) is 5.75 Å². The van der Waals surface area contributed by atoms with Gasteiger partial charge in [-0.05, 0) is 18.2 Å². The van der Waals surface area contributed by atoms with Gasteiger partial charge in [-0.2, -0.15) is 0 Å². The van der Waals surface area contributed by atoms with Crippen LogP contribution in [0.25, 0.3) is 0 Å². The maximum absolute atomic E-state index is 13.1. The summed E-state index contributed by atoms with van der Waals surface area (Å²) >= 11 is 0. The average Bonchev–Trinajstić information content (AvgIpc) is 2.42. The number of aromatic nitrogens is 1. The van der Waals surface area contributed by atoms with E-state index < -0.39 is 11.8 Å². The number of carboxylic acids is 1. The fourth-order valence-electron chi connectivity index (χ4n) is 1.63. The molecule has 1 heterocycles. The van der Waals surface area contributed by atoms with E-state index in [1.807, 2.05) is 0 Å². The number of pyridine rings is 1. The Balaban J connectivity index is 2.35. The summed E-state index contributed by atoms with van der Waals surface area (Å²) in [7, 11) is 1.40. The Labute approximate surface area is 114 Å². The van der Waals surface area contributed by atoms with Crippen molar-refractivity contribution in [1.29, 1.82) is 0 Å². The van der Waals surface area contributed by atoms with Gasteiger partial charge in [-0.1, -0.05) is 0 Å². The second-order valence-electron chi connectivity index (χ2n) is 3.93. The first kappa shape index (κ1) is 13.6. The van der Waals surface area contributed by atoms with Gasteiger partial charge in [0.25, 0.3) is 0 Å². The molecule has 0 aliphatic rings. The van der Waals surface area contributed by atoms with Crippen molar-refractivity contribution in [2.45, 2.75) is 0 Å². The molecule has 0 saturated carbocycles.